The SMILES string of the molecule is CN(C)Cc1ccccc1CNC(=O)c1ccc(N(C)C)c([N+](=O)[O-])c1. The van der Waals surface area contributed by atoms with E-state index in [1.54, 1.807) is 31.1 Å². The van der Waals surface area contributed by atoms with Crippen LogP contribution in [0.25, 0.3) is 0 Å². The average molecular weight is 356 g/mol. The van der Waals surface area contributed by atoms with Gasteiger partial charge in [-0.25, -0.2) is 0 Å². The van der Waals surface area contributed by atoms with E-state index in [0.717, 1.165) is 17.7 Å². The lowest BCUT2D eigenvalue weighted by atomic mass is 10.1. The average Bonchev–Trinajstić information content (AvgIpc) is 2.59. The molecule has 0 aliphatic heterocycles. The normalized spacial score (nSPS) is 10.7. The van der Waals surface area contributed by atoms with E-state index in [2.05, 4.69) is 10.2 Å². The number of nitro benzene ring substituents is 1. The van der Waals surface area contributed by atoms with Crippen molar-refractivity contribution in [2.24, 2.45) is 0 Å². The Balaban J connectivity index is 2.16. The smallest absolute Gasteiger partial charge is 0.293 e. The zero-order chi connectivity index (χ0) is 19.3. The van der Waals surface area contributed by atoms with Gasteiger partial charge >= 0.3 is 0 Å². The summed E-state index contributed by atoms with van der Waals surface area (Å²) in [6, 6.07) is 12.4. The lowest BCUT2D eigenvalue weighted by Gasteiger charge is -2.15. The van der Waals surface area contributed by atoms with Gasteiger partial charge < -0.3 is 15.1 Å². The van der Waals surface area contributed by atoms with Crippen molar-refractivity contribution in [3.63, 3.8) is 0 Å². The number of hydrogen-bond acceptors (Lipinski definition) is 5. The number of rotatable bonds is 7. The summed E-state index contributed by atoms with van der Waals surface area (Å²) in [5, 5.41) is 14.1. The predicted molar refractivity (Wildman–Crippen MR) is 102 cm³/mol. The molecule has 138 valence electrons. The second-order valence-corrected chi connectivity index (χ2v) is 6.54. The molecular weight excluding hydrogens is 332 g/mol. The van der Waals surface area contributed by atoms with E-state index in [-0.39, 0.29) is 17.2 Å². The Hall–Kier alpha value is -2.93. The van der Waals surface area contributed by atoms with Gasteiger partial charge in [0.25, 0.3) is 11.6 Å². The van der Waals surface area contributed by atoms with E-state index < -0.39 is 4.92 Å². The molecule has 0 aliphatic rings. The van der Waals surface area contributed by atoms with Crippen LogP contribution >= 0.6 is 0 Å². The molecule has 7 heteroatoms. The van der Waals surface area contributed by atoms with Crippen LogP contribution in [0.1, 0.15) is 21.5 Å². The van der Waals surface area contributed by atoms with Crippen LogP contribution in [0.15, 0.2) is 42.5 Å². The number of anilines is 1. The van der Waals surface area contributed by atoms with Gasteiger partial charge in [0.15, 0.2) is 0 Å². The van der Waals surface area contributed by atoms with E-state index in [0.29, 0.717) is 12.2 Å². The number of hydrogen-bond donors (Lipinski definition) is 1. The third kappa shape index (κ3) is 4.80. The molecule has 0 fully saturated rings. The third-order valence-electron chi connectivity index (χ3n) is 3.96. The summed E-state index contributed by atoms with van der Waals surface area (Å²) in [4.78, 5) is 27.0. The van der Waals surface area contributed by atoms with Gasteiger partial charge in [-0.3, -0.25) is 14.9 Å². The molecular formula is C19H24N4O3. The molecule has 7 nitrogen and oxygen atoms in total. The van der Waals surface area contributed by atoms with Crippen molar-refractivity contribution in [3.05, 3.63) is 69.3 Å². The first-order valence-corrected chi connectivity index (χ1v) is 8.25. The van der Waals surface area contributed by atoms with Gasteiger partial charge in [0, 0.05) is 38.8 Å². The minimum Gasteiger partial charge on any atom is -0.372 e. The Morgan fingerprint density at radius 2 is 1.73 bits per heavy atom. The van der Waals surface area contributed by atoms with Crippen molar-refractivity contribution in [2.45, 2.75) is 13.1 Å². The minimum atomic E-state index is -0.474. The molecule has 0 saturated heterocycles. The van der Waals surface area contributed by atoms with Gasteiger partial charge in [-0.1, -0.05) is 24.3 Å². The molecule has 0 spiro atoms. The molecule has 0 atom stereocenters. The molecule has 0 saturated carbocycles. The maximum absolute atomic E-state index is 12.4. The summed E-state index contributed by atoms with van der Waals surface area (Å²) in [7, 11) is 7.43. The Bertz CT molecular complexity index is 803. The van der Waals surface area contributed by atoms with E-state index >= 15 is 0 Å². The number of nitrogens with one attached hydrogen (secondary N) is 1. The van der Waals surface area contributed by atoms with Crippen LogP contribution in [-0.4, -0.2) is 43.9 Å². The molecule has 26 heavy (non-hydrogen) atoms. The summed E-state index contributed by atoms with van der Waals surface area (Å²) in [6.45, 7) is 1.14. The zero-order valence-corrected chi connectivity index (χ0v) is 15.5. The topological polar surface area (TPSA) is 78.7 Å². The molecule has 0 bridgehead atoms. The second kappa shape index (κ2) is 8.44. The highest BCUT2D eigenvalue weighted by Gasteiger charge is 2.18. The summed E-state index contributed by atoms with van der Waals surface area (Å²) >= 11 is 0. The lowest BCUT2D eigenvalue weighted by molar-refractivity contribution is -0.384. The maximum Gasteiger partial charge on any atom is 0.293 e. The van der Waals surface area contributed by atoms with E-state index in [1.165, 1.54) is 6.07 Å². The van der Waals surface area contributed by atoms with Crippen LogP contribution in [0.3, 0.4) is 0 Å². The number of carbonyl (C=O) groups excluding carboxylic acids is 1. The Morgan fingerprint density at radius 1 is 1.08 bits per heavy atom. The summed E-state index contributed by atoms with van der Waals surface area (Å²) in [5.74, 6) is -0.335. The number of nitrogens with zero attached hydrogens (tertiary/aromatic N) is 3. The number of amides is 1. The van der Waals surface area contributed by atoms with Crippen molar-refractivity contribution >= 4 is 17.3 Å². The fourth-order valence-electron chi connectivity index (χ4n) is 2.69. The number of carbonyl (C=O) groups is 1. The standard InChI is InChI=1S/C19H24N4O3/c1-21(2)13-16-8-6-5-7-15(16)12-20-19(24)14-9-10-17(22(3)4)18(11-14)23(25)26/h5-11H,12-13H2,1-4H3,(H,20,24). The van der Waals surface area contributed by atoms with Crippen molar-refractivity contribution in [3.8, 4) is 0 Å². The van der Waals surface area contributed by atoms with Crippen LogP contribution in [0.4, 0.5) is 11.4 Å². The molecule has 0 aromatic heterocycles. The molecule has 2 aromatic carbocycles. The van der Waals surface area contributed by atoms with Gasteiger partial charge in [-0.15, -0.1) is 0 Å². The first kappa shape index (κ1) is 19.4. The van der Waals surface area contributed by atoms with E-state index in [4.69, 9.17) is 0 Å². The fourth-order valence-corrected chi connectivity index (χ4v) is 2.69. The monoisotopic (exact) mass is 356 g/mol. The molecule has 0 aliphatic carbocycles. The van der Waals surface area contributed by atoms with Crippen molar-refractivity contribution in [1.82, 2.24) is 10.2 Å². The van der Waals surface area contributed by atoms with Gasteiger partial charge in [-0.2, -0.15) is 0 Å². The first-order valence-electron chi connectivity index (χ1n) is 8.25. The second-order valence-electron chi connectivity index (χ2n) is 6.54. The van der Waals surface area contributed by atoms with Crippen LogP contribution in [0, 0.1) is 10.1 Å². The Labute approximate surface area is 153 Å². The first-order chi connectivity index (χ1) is 12.3. The number of nitro groups is 1. The Kier molecular flexibility index (Phi) is 6.30. The molecule has 0 heterocycles. The van der Waals surface area contributed by atoms with Gasteiger partial charge in [-0.05, 0) is 37.4 Å². The third-order valence-corrected chi connectivity index (χ3v) is 3.96. The van der Waals surface area contributed by atoms with Crippen LogP contribution < -0.4 is 10.2 Å². The van der Waals surface area contributed by atoms with Crippen molar-refractivity contribution in [2.75, 3.05) is 33.1 Å². The van der Waals surface area contributed by atoms with Crippen LogP contribution in [0.2, 0.25) is 0 Å². The highest BCUT2D eigenvalue weighted by molar-refractivity contribution is 5.95. The molecule has 0 radical (unpaired) electrons. The van der Waals surface area contributed by atoms with Crippen LogP contribution in [-0.2, 0) is 13.1 Å². The quantitative estimate of drug-likeness (QED) is 0.609. The Morgan fingerprint density at radius 3 is 2.31 bits per heavy atom. The van der Waals surface area contributed by atoms with Crippen LogP contribution in [0.5, 0.6) is 0 Å². The van der Waals surface area contributed by atoms with Gasteiger partial charge in [0.05, 0.1) is 4.92 Å². The molecule has 0 unspecified atom stereocenters. The summed E-state index contributed by atoms with van der Waals surface area (Å²) in [5.41, 5.74) is 2.80. The molecule has 1 amide bonds. The highest BCUT2D eigenvalue weighted by Crippen LogP contribution is 2.27. The minimum absolute atomic E-state index is 0.0874. The molecule has 1 N–H and O–H groups in total. The van der Waals surface area contributed by atoms with E-state index in [9.17, 15) is 14.9 Å². The summed E-state index contributed by atoms with van der Waals surface area (Å²) < 4.78 is 0. The van der Waals surface area contributed by atoms with Crippen molar-refractivity contribution in [1.29, 1.82) is 0 Å². The van der Waals surface area contributed by atoms with Crippen molar-refractivity contribution < 1.29 is 9.72 Å². The van der Waals surface area contributed by atoms with E-state index in [1.807, 2.05) is 38.4 Å². The molecule has 2 rings (SSSR count). The maximum atomic E-state index is 12.4. The molecule has 2 aromatic rings. The number of benzene rings is 2. The fraction of sp³-hybridized carbons (Fsp3) is 0.316. The summed E-state index contributed by atoms with van der Waals surface area (Å²) in [6.07, 6.45) is 0. The van der Waals surface area contributed by atoms with Gasteiger partial charge in [0.2, 0.25) is 0 Å². The highest BCUT2D eigenvalue weighted by atomic mass is 16.6. The predicted octanol–water partition coefficient (Wildman–Crippen LogP) is 2.65. The zero-order valence-electron chi connectivity index (χ0n) is 15.5. The largest absolute Gasteiger partial charge is 0.372 e. The lowest BCUT2D eigenvalue weighted by Crippen LogP contribution is -2.24. The van der Waals surface area contributed by atoms with Gasteiger partial charge in [0.1, 0.15) is 5.69 Å².